The Bertz CT molecular complexity index is 358. The third-order valence-electron chi connectivity index (χ3n) is 3.61. The van der Waals surface area contributed by atoms with Crippen LogP contribution in [-0.4, -0.2) is 67.3 Å². The summed E-state index contributed by atoms with van der Waals surface area (Å²) in [5.74, 6) is -0.133. The highest BCUT2D eigenvalue weighted by molar-refractivity contribution is 5.69. The van der Waals surface area contributed by atoms with Crippen molar-refractivity contribution in [3.63, 3.8) is 0 Å². The Kier molecular flexibility index (Phi) is 7.65. The smallest absolute Gasteiger partial charge is 0.410 e. The summed E-state index contributed by atoms with van der Waals surface area (Å²) >= 11 is 0. The zero-order chi connectivity index (χ0) is 16.6. The van der Waals surface area contributed by atoms with E-state index in [1.54, 1.807) is 4.90 Å². The molecule has 0 aliphatic carbocycles. The molecule has 128 valence electrons. The van der Waals surface area contributed by atoms with Crippen LogP contribution >= 0.6 is 0 Å². The van der Waals surface area contributed by atoms with Crippen molar-refractivity contribution in [2.24, 2.45) is 0 Å². The second-order valence-electron chi connectivity index (χ2n) is 6.70. The van der Waals surface area contributed by atoms with Gasteiger partial charge in [0.15, 0.2) is 0 Å². The highest BCUT2D eigenvalue weighted by Crippen LogP contribution is 2.12. The van der Waals surface area contributed by atoms with Crippen LogP contribution in [0.15, 0.2) is 0 Å². The van der Waals surface area contributed by atoms with Gasteiger partial charge in [-0.1, -0.05) is 6.42 Å². The fourth-order valence-electron chi connectivity index (χ4n) is 2.36. The number of unbranched alkanes of at least 4 members (excludes halogenated alkanes) is 2. The standard InChI is InChI=1S/C16H30N2O4/c1-16(2,3)22-15(20)18-12-10-17(11-13-18)9-7-5-6-8-14(19)21-4/h5-13H2,1-4H3. The van der Waals surface area contributed by atoms with E-state index >= 15 is 0 Å². The number of carbonyl (C=O) groups is 2. The third kappa shape index (κ3) is 7.64. The van der Waals surface area contributed by atoms with Crippen LogP contribution in [0.1, 0.15) is 46.5 Å². The zero-order valence-corrected chi connectivity index (χ0v) is 14.4. The molecule has 0 bridgehead atoms. The van der Waals surface area contributed by atoms with Gasteiger partial charge in [0.1, 0.15) is 5.60 Å². The number of methoxy groups -OCH3 is 1. The van der Waals surface area contributed by atoms with Crippen LogP contribution < -0.4 is 0 Å². The van der Waals surface area contributed by atoms with E-state index in [1.165, 1.54) is 7.11 Å². The van der Waals surface area contributed by atoms with Crippen LogP contribution in [-0.2, 0) is 14.3 Å². The quantitative estimate of drug-likeness (QED) is 0.556. The number of amides is 1. The van der Waals surface area contributed by atoms with Crippen molar-refractivity contribution >= 4 is 12.1 Å². The maximum atomic E-state index is 12.0. The summed E-state index contributed by atoms with van der Waals surface area (Å²) in [6.45, 7) is 9.88. The van der Waals surface area contributed by atoms with Gasteiger partial charge in [0.2, 0.25) is 0 Å². The molecule has 0 aromatic rings. The van der Waals surface area contributed by atoms with Crippen LogP contribution in [0.5, 0.6) is 0 Å². The summed E-state index contributed by atoms with van der Waals surface area (Å²) in [6.07, 6.45) is 3.27. The topological polar surface area (TPSA) is 59.1 Å². The molecule has 0 unspecified atom stereocenters. The number of hydrogen-bond acceptors (Lipinski definition) is 5. The minimum absolute atomic E-state index is 0.133. The van der Waals surface area contributed by atoms with Crippen molar-refractivity contribution in [3.8, 4) is 0 Å². The molecular formula is C16H30N2O4. The van der Waals surface area contributed by atoms with Gasteiger partial charge in [-0.3, -0.25) is 9.69 Å². The molecule has 1 fully saturated rings. The van der Waals surface area contributed by atoms with E-state index in [0.29, 0.717) is 6.42 Å². The minimum atomic E-state index is -0.437. The van der Waals surface area contributed by atoms with Crippen LogP contribution in [0, 0.1) is 0 Å². The molecule has 0 spiro atoms. The molecule has 1 saturated heterocycles. The lowest BCUT2D eigenvalue weighted by molar-refractivity contribution is -0.140. The molecular weight excluding hydrogens is 284 g/mol. The lowest BCUT2D eigenvalue weighted by atomic mass is 10.2. The van der Waals surface area contributed by atoms with Gasteiger partial charge in [-0.25, -0.2) is 4.79 Å². The van der Waals surface area contributed by atoms with Gasteiger partial charge in [-0.2, -0.15) is 0 Å². The van der Waals surface area contributed by atoms with Gasteiger partial charge in [0.05, 0.1) is 7.11 Å². The van der Waals surface area contributed by atoms with E-state index < -0.39 is 5.60 Å². The molecule has 1 heterocycles. The molecule has 0 saturated carbocycles. The van der Waals surface area contributed by atoms with Gasteiger partial charge in [-0.15, -0.1) is 0 Å². The van der Waals surface area contributed by atoms with Crippen molar-refractivity contribution in [2.45, 2.75) is 52.1 Å². The van der Waals surface area contributed by atoms with Crippen LogP contribution in [0.4, 0.5) is 4.79 Å². The summed E-state index contributed by atoms with van der Waals surface area (Å²) in [7, 11) is 1.42. The minimum Gasteiger partial charge on any atom is -0.469 e. The van der Waals surface area contributed by atoms with Crippen LogP contribution in [0.25, 0.3) is 0 Å². The highest BCUT2D eigenvalue weighted by atomic mass is 16.6. The Balaban J connectivity index is 2.12. The van der Waals surface area contributed by atoms with E-state index in [9.17, 15) is 9.59 Å². The third-order valence-corrected chi connectivity index (χ3v) is 3.61. The summed E-state index contributed by atoms with van der Waals surface area (Å²) < 4.78 is 10.00. The van der Waals surface area contributed by atoms with E-state index in [2.05, 4.69) is 9.64 Å². The first kappa shape index (κ1) is 18.7. The Morgan fingerprint density at radius 2 is 1.64 bits per heavy atom. The number of esters is 1. The number of ether oxygens (including phenoxy) is 2. The fourth-order valence-corrected chi connectivity index (χ4v) is 2.36. The molecule has 6 heteroatoms. The van der Waals surface area contributed by atoms with Gasteiger partial charge in [0.25, 0.3) is 0 Å². The summed E-state index contributed by atoms with van der Waals surface area (Å²) in [5, 5.41) is 0. The summed E-state index contributed by atoms with van der Waals surface area (Å²) in [6, 6.07) is 0. The number of nitrogens with zero attached hydrogens (tertiary/aromatic N) is 2. The first-order valence-electron chi connectivity index (χ1n) is 8.09. The van der Waals surface area contributed by atoms with E-state index in [1.807, 2.05) is 20.8 Å². The molecule has 0 aromatic carbocycles. The number of rotatable bonds is 6. The maximum Gasteiger partial charge on any atom is 0.410 e. The second kappa shape index (κ2) is 8.98. The molecule has 0 N–H and O–H groups in total. The fraction of sp³-hybridized carbons (Fsp3) is 0.875. The Morgan fingerprint density at radius 1 is 1.00 bits per heavy atom. The van der Waals surface area contributed by atoms with Gasteiger partial charge in [0, 0.05) is 32.6 Å². The van der Waals surface area contributed by atoms with Crippen molar-refractivity contribution in [1.29, 1.82) is 0 Å². The van der Waals surface area contributed by atoms with Crippen LogP contribution in [0.2, 0.25) is 0 Å². The Morgan fingerprint density at radius 3 is 2.18 bits per heavy atom. The van der Waals surface area contributed by atoms with Crippen molar-refractivity contribution < 1.29 is 19.1 Å². The number of hydrogen-bond donors (Lipinski definition) is 0. The lowest BCUT2D eigenvalue weighted by Crippen LogP contribution is -2.50. The Labute approximate surface area is 133 Å². The molecule has 0 atom stereocenters. The molecule has 1 rings (SSSR count). The van der Waals surface area contributed by atoms with Gasteiger partial charge < -0.3 is 14.4 Å². The predicted molar refractivity (Wildman–Crippen MR) is 84.7 cm³/mol. The van der Waals surface area contributed by atoms with Gasteiger partial charge in [-0.05, 0) is 40.2 Å². The van der Waals surface area contributed by atoms with E-state index in [-0.39, 0.29) is 12.1 Å². The normalized spacial score (nSPS) is 16.5. The maximum absolute atomic E-state index is 12.0. The largest absolute Gasteiger partial charge is 0.469 e. The SMILES string of the molecule is COC(=O)CCCCCN1CCN(C(=O)OC(C)(C)C)CC1. The highest BCUT2D eigenvalue weighted by Gasteiger charge is 2.25. The predicted octanol–water partition coefficient (Wildman–Crippen LogP) is 2.27. The first-order valence-corrected chi connectivity index (χ1v) is 8.09. The van der Waals surface area contributed by atoms with Gasteiger partial charge >= 0.3 is 12.1 Å². The first-order chi connectivity index (χ1) is 10.3. The number of piperazine rings is 1. The second-order valence-corrected chi connectivity index (χ2v) is 6.70. The average molecular weight is 314 g/mol. The molecule has 0 aromatic heterocycles. The molecule has 0 radical (unpaired) electrons. The van der Waals surface area contributed by atoms with E-state index in [4.69, 9.17) is 4.74 Å². The summed E-state index contributed by atoms with van der Waals surface area (Å²) in [5.41, 5.74) is -0.437. The van der Waals surface area contributed by atoms with Crippen molar-refractivity contribution in [3.05, 3.63) is 0 Å². The average Bonchev–Trinajstić information content (AvgIpc) is 2.45. The zero-order valence-electron chi connectivity index (χ0n) is 14.4. The lowest BCUT2D eigenvalue weighted by Gasteiger charge is -2.35. The Hall–Kier alpha value is -1.30. The van der Waals surface area contributed by atoms with Crippen molar-refractivity contribution in [1.82, 2.24) is 9.80 Å². The summed E-state index contributed by atoms with van der Waals surface area (Å²) in [4.78, 5) is 27.1. The molecule has 1 amide bonds. The molecule has 1 aliphatic rings. The molecule has 22 heavy (non-hydrogen) atoms. The molecule has 1 aliphatic heterocycles. The van der Waals surface area contributed by atoms with E-state index in [0.717, 1.165) is 52.0 Å². The van der Waals surface area contributed by atoms with Crippen LogP contribution in [0.3, 0.4) is 0 Å². The number of carbonyl (C=O) groups excluding carboxylic acids is 2. The van der Waals surface area contributed by atoms with Crippen molar-refractivity contribution in [2.75, 3.05) is 39.8 Å². The molecule has 6 nitrogen and oxygen atoms in total. The monoisotopic (exact) mass is 314 g/mol.